The summed E-state index contributed by atoms with van der Waals surface area (Å²) in [6, 6.07) is 1.89. The molecule has 11 heteroatoms. The predicted octanol–water partition coefficient (Wildman–Crippen LogP) is 3.01. The first-order chi connectivity index (χ1) is 14.9. The van der Waals surface area contributed by atoms with Gasteiger partial charge in [0.25, 0.3) is 0 Å². The lowest BCUT2D eigenvalue weighted by Gasteiger charge is -2.35. The maximum absolute atomic E-state index is 14.7. The summed E-state index contributed by atoms with van der Waals surface area (Å²) in [7, 11) is 0. The molecule has 0 bridgehead atoms. The predicted molar refractivity (Wildman–Crippen MR) is 106 cm³/mol. The van der Waals surface area contributed by atoms with Gasteiger partial charge in [0, 0.05) is 18.0 Å². The zero-order valence-corrected chi connectivity index (χ0v) is 17.6. The standard InChI is InChI=1S/C21H23F4N5O2/c1-20(2,3)16(12-6-5-11(9-13(12)22)21(23,24)25)30-19(32)14-10-15(31)29-18(28-14)17-26-7-4-8-27-17/h4-9,14,16,18,28H,10H2,1-3H3,(H,29,31)(H,30,32)/t14?,16-,18?/m0/s1. The largest absolute Gasteiger partial charge is 0.416 e. The van der Waals surface area contributed by atoms with E-state index in [1.807, 2.05) is 0 Å². The number of hydrogen-bond acceptors (Lipinski definition) is 5. The Morgan fingerprint density at radius 1 is 1.19 bits per heavy atom. The van der Waals surface area contributed by atoms with Crippen LogP contribution in [0.25, 0.3) is 0 Å². The highest BCUT2D eigenvalue weighted by Crippen LogP contribution is 2.37. The van der Waals surface area contributed by atoms with Crippen molar-refractivity contribution in [3.63, 3.8) is 0 Å². The lowest BCUT2D eigenvalue weighted by atomic mass is 9.81. The van der Waals surface area contributed by atoms with Gasteiger partial charge in [-0.2, -0.15) is 13.2 Å². The third kappa shape index (κ3) is 5.39. The van der Waals surface area contributed by atoms with E-state index in [4.69, 9.17) is 0 Å². The van der Waals surface area contributed by atoms with E-state index >= 15 is 0 Å². The SMILES string of the molecule is CC(C)(C)[C@@H](NC(=O)C1CC(=O)NC(c2ncccn2)N1)c1ccc(C(F)(F)F)cc1F. The molecule has 2 heterocycles. The molecule has 1 aromatic heterocycles. The summed E-state index contributed by atoms with van der Waals surface area (Å²) in [5.74, 6) is -1.82. The molecule has 1 aromatic carbocycles. The van der Waals surface area contributed by atoms with Gasteiger partial charge in [0.05, 0.1) is 24.1 Å². The quantitative estimate of drug-likeness (QED) is 0.619. The fourth-order valence-electron chi connectivity index (χ4n) is 3.42. The summed E-state index contributed by atoms with van der Waals surface area (Å²) in [5.41, 5.74) is -1.94. The van der Waals surface area contributed by atoms with Crippen LogP contribution in [-0.4, -0.2) is 27.8 Å². The number of carbonyl (C=O) groups is 2. The number of aromatic nitrogens is 2. The molecule has 32 heavy (non-hydrogen) atoms. The Labute approximate surface area is 182 Å². The van der Waals surface area contributed by atoms with Crippen LogP contribution >= 0.6 is 0 Å². The zero-order valence-electron chi connectivity index (χ0n) is 17.6. The van der Waals surface area contributed by atoms with Gasteiger partial charge in [-0.05, 0) is 23.6 Å². The van der Waals surface area contributed by atoms with Crippen LogP contribution in [0.2, 0.25) is 0 Å². The Kier molecular flexibility index (Phi) is 6.49. The van der Waals surface area contributed by atoms with Crippen molar-refractivity contribution in [1.29, 1.82) is 0 Å². The first kappa shape index (κ1) is 23.6. The van der Waals surface area contributed by atoms with Crippen molar-refractivity contribution < 1.29 is 27.2 Å². The van der Waals surface area contributed by atoms with Gasteiger partial charge < -0.3 is 10.6 Å². The number of halogens is 4. The molecule has 1 fully saturated rings. The van der Waals surface area contributed by atoms with Crippen LogP contribution < -0.4 is 16.0 Å². The maximum atomic E-state index is 14.7. The third-order valence-electron chi connectivity index (χ3n) is 5.01. The summed E-state index contributed by atoms with van der Waals surface area (Å²) in [6.45, 7) is 5.16. The summed E-state index contributed by atoms with van der Waals surface area (Å²) in [5, 5.41) is 8.27. The van der Waals surface area contributed by atoms with Gasteiger partial charge >= 0.3 is 6.18 Å². The number of amides is 2. The number of rotatable bonds is 4. The molecule has 1 aliphatic heterocycles. The van der Waals surface area contributed by atoms with Gasteiger partial charge in [-0.15, -0.1) is 0 Å². The minimum absolute atomic E-state index is 0.0814. The van der Waals surface area contributed by atoms with Crippen molar-refractivity contribution >= 4 is 11.8 Å². The highest BCUT2D eigenvalue weighted by atomic mass is 19.4. The normalized spacial score (nSPS) is 20.4. The van der Waals surface area contributed by atoms with E-state index in [0.29, 0.717) is 6.07 Å². The Bertz CT molecular complexity index is 992. The molecule has 1 aliphatic rings. The molecule has 1 saturated heterocycles. The Balaban J connectivity index is 1.83. The average Bonchev–Trinajstić information content (AvgIpc) is 2.71. The van der Waals surface area contributed by atoms with E-state index in [9.17, 15) is 27.2 Å². The molecule has 0 spiro atoms. The van der Waals surface area contributed by atoms with Crippen LogP contribution in [0, 0.1) is 11.2 Å². The molecule has 2 amide bonds. The second kappa shape index (κ2) is 8.81. The van der Waals surface area contributed by atoms with E-state index in [1.54, 1.807) is 26.8 Å². The minimum Gasteiger partial charge on any atom is -0.347 e. The highest BCUT2D eigenvalue weighted by Gasteiger charge is 2.37. The van der Waals surface area contributed by atoms with Gasteiger partial charge in [-0.25, -0.2) is 14.4 Å². The van der Waals surface area contributed by atoms with Crippen LogP contribution in [0.5, 0.6) is 0 Å². The molecule has 172 valence electrons. The fourth-order valence-corrected chi connectivity index (χ4v) is 3.42. The molecule has 0 radical (unpaired) electrons. The van der Waals surface area contributed by atoms with Gasteiger partial charge in [0.15, 0.2) is 5.82 Å². The number of nitrogens with one attached hydrogen (secondary N) is 3. The van der Waals surface area contributed by atoms with E-state index < -0.39 is 53.0 Å². The van der Waals surface area contributed by atoms with Crippen molar-refractivity contribution in [1.82, 2.24) is 25.9 Å². The zero-order chi connectivity index (χ0) is 23.7. The van der Waals surface area contributed by atoms with Crippen molar-refractivity contribution in [2.75, 3.05) is 0 Å². The first-order valence-corrected chi connectivity index (χ1v) is 9.85. The number of carbonyl (C=O) groups excluding carboxylic acids is 2. The summed E-state index contributed by atoms with van der Waals surface area (Å²) in [6.07, 6.45) is -2.69. The Morgan fingerprint density at radius 2 is 1.84 bits per heavy atom. The maximum Gasteiger partial charge on any atom is 0.416 e. The minimum atomic E-state index is -4.69. The fraction of sp³-hybridized carbons (Fsp3) is 0.429. The van der Waals surface area contributed by atoms with Gasteiger partial charge in [-0.3, -0.25) is 14.9 Å². The number of hydrogen-bond donors (Lipinski definition) is 3. The van der Waals surface area contributed by atoms with Crippen molar-refractivity contribution in [3.05, 3.63) is 59.4 Å². The Hall–Kier alpha value is -3.08. The van der Waals surface area contributed by atoms with Gasteiger partial charge in [-0.1, -0.05) is 26.8 Å². The van der Waals surface area contributed by atoms with E-state index in [-0.39, 0.29) is 17.8 Å². The molecule has 7 nitrogen and oxygen atoms in total. The molecule has 0 aliphatic carbocycles. The van der Waals surface area contributed by atoms with Crippen LogP contribution in [0.15, 0.2) is 36.7 Å². The van der Waals surface area contributed by atoms with E-state index in [2.05, 4.69) is 25.9 Å². The van der Waals surface area contributed by atoms with Crippen LogP contribution in [0.1, 0.15) is 56.4 Å². The lowest BCUT2D eigenvalue weighted by molar-refractivity contribution is -0.137. The smallest absolute Gasteiger partial charge is 0.347 e. The second-order valence-corrected chi connectivity index (χ2v) is 8.57. The summed E-state index contributed by atoms with van der Waals surface area (Å²) < 4.78 is 53.4. The van der Waals surface area contributed by atoms with Crippen molar-refractivity contribution in [2.45, 2.75) is 51.6 Å². The summed E-state index contributed by atoms with van der Waals surface area (Å²) >= 11 is 0. The molecule has 3 N–H and O–H groups in total. The van der Waals surface area contributed by atoms with E-state index in [1.165, 1.54) is 12.4 Å². The lowest BCUT2D eigenvalue weighted by Crippen LogP contribution is -2.57. The number of alkyl halides is 3. The molecule has 2 unspecified atom stereocenters. The van der Waals surface area contributed by atoms with Crippen LogP contribution in [0.3, 0.4) is 0 Å². The van der Waals surface area contributed by atoms with E-state index in [0.717, 1.165) is 12.1 Å². The third-order valence-corrected chi connectivity index (χ3v) is 5.01. The number of benzene rings is 1. The van der Waals surface area contributed by atoms with Crippen molar-refractivity contribution in [2.24, 2.45) is 5.41 Å². The first-order valence-electron chi connectivity index (χ1n) is 9.85. The Morgan fingerprint density at radius 3 is 2.41 bits per heavy atom. The van der Waals surface area contributed by atoms with Crippen molar-refractivity contribution in [3.8, 4) is 0 Å². The molecular formula is C21H23F4N5O2. The molecule has 3 atom stereocenters. The van der Waals surface area contributed by atoms with Crippen LogP contribution in [0.4, 0.5) is 17.6 Å². The van der Waals surface area contributed by atoms with Gasteiger partial charge in [0.1, 0.15) is 12.0 Å². The monoisotopic (exact) mass is 453 g/mol. The van der Waals surface area contributed by atoms with Crippen LogP contribution in [-0.2, 0) is 15.8 Å². The topological polar surface area (TPSA) is 96.0 Å². The number of nitrogens with zero attached hydrogens (tertiary/aromatic N) is 2. The molecule has 3 rings (SSSR count). The van der Waals surface area contributed by atoms with Gasteiger partial charge in [0.2, 0.25) is 11.8 Å². The highest BCUT2D eigenvalue weighted by molar-refractivity contribution is 5.89. The molecule has 0 saturated carbocycles. The average molecular weight is 453 g/mol. The second-order valence-electron chi connectivity index (χ2n) is 8.57. The molecule has 2 aromatic rings. The molecular weight excluding hydrogens is 430 g/mol. The summed E-state index contributed by atoms with van der Waals surface area (Å²) in [4.78, 5) is 33.3.